The first-order valence-corrected chi connectivity index (χ1v) is 9.09. The zero-order valence-corrected chi connectivity index (χ0v) is 18.1. The molecule has 1 aliphatic heterocycles. The van der Waals surface area contributed by atoms with E-state index in [9.17, 15) is 13.2 Å². The maximum Gasteiger partial charge on any atom is 0.401 e. The Kier molecular flexibility index (Phi) is 10.3. The molecule has 1 fully saturated rings. The fourth-order valence-corrected chi connectivity index (χ4v) is 3.06. The van der Waals surface area contributed by atoms with Crippen LogP contribution in [0.3, 0.4) is 0 Å². The SMILES string of the molecule is CCNC(=NCC1CCN(CC(F)(F)F)C1)NCCn1cnnc1CC.I. The van der Waals surface area contributed by atoms with Crippen LogP contribution in [0.5, 0.6) is 0 Å². The van der Waals surface area contributed by atoms with Gasteiger partial charge in [0.15, 0.2) is 5.96 Å². The van der Waals surface area contributed by atoms with Gasteiger partial charge in [0.05, 0.1) is 6.54 Å². The van der Waals surface area contributed by atoms with Gasteiger partial charge in [0.2, 0.25) is 0 Å². The summed E-state index contributed by atoms with van der Waals surface area (Å²) in [4.78, 5) is 5.99. The van der Waals surface area contributed by atoms with E-state index < -0.39 is 12.7 Å². The lowest BCUT2D eigenvalue weighted by Crippen LogP contribution is -2.39. The van der Waals surface area contributed by atoms with E-state index in [1.165, 1.54) is 4.90 Å². The van der Waals surface area contributed by atoms with Crippen molar-refractivity contribution in [3.8, 4) is 0 Å². The molecule has 11 heteroatoms. The first-order valence-electron chi connectivity index (χ1n) is 9.09. The summed E-state index contributed by atoms with van der Waals surface area (Å²) in [7, 11) is 0. The van der Waals surface area contributed by atoms with Crippen molar-refractivity contribution in [1.82, 2.24) is 30.3 Å². The van der Waals surface area contributed by atoms with Crippen LogP contribution in [0.1, 0.15) is 26.1 Å². The Hall–Kier alpha value is -1.11. The van der Waals surface area contributed by atoms with Gasteiger partial charge in [-0.1, -0.05) is 6.92 Å². The second-order valence-corrected chi connectivity index (χ2v) is 6.45. The van der Waals surface area contributed by atoms with E-state index in [2.05, 4.69) is 25.8 Å². The molecule has 2 heterocycles. The van der Waals surface area contributed by atoms with Gasteiger partial charge in [-0.15, -0.1) is 34.2 Å². The number of alkyl halides is 3. The summed E-state index contributed by atoms with van der Waals surface area (Å²) in [6.45, 7) is 6.76. The van der Waals surface area contributed by atoms with Crippen LogP contribution >= 0.6 is 24.0 Å². The fourth-order valence-electron chi connectivity index (χ4n) is 3.06. The van der Waals surface area contributed by atoms with E-state index in [4.69, 9.17) is 0 Å². The molecule has 27 heavy (non-hydrogen) atoms. The normalized spacial score (nSPS) is 18.4. The molecule has 0 aliphatic carbocycles. The highest BCUT2D eigenvalue weighted by atomic mass is 127. The van der Waals surface area contributed by atoms with Crippen LogP contribution in [0.15, 0.2) is 11.3 Å². The van der Waals surface area contributed by atoms with Gasteiger partial charge in [-0.05, 0) is 25.8 Å². The highest BCUT2D eigenvalue weighted by Gasteiger charge is 2.34. The van der Waals surface area contributed by atoms with Crippen molar-refractivity contribution in [2.45, 2.75) is 39.4 Å². The van der Waals surface area contributed by atoms with Gasteiger partial charge >= 0.3 is 6.18 Å². The molecular formula is C16H29F3IN7. The van der Waals surface area contributed by atoms with Crippen molar-refractivity contribution in [3.63, 3.8) is 0 Å². The average Bonchev–Trinajstić information content (AvgIpc) is 3.20. The van der Waals surface area contributed by atoms with Crippen LogP contribution in [0, 0.1) is 5.92 Å². The van der Waals surface area contributed by atoms with Crippen LogP contribution in [-0.4, -0.2) is 71.1 Å². The minimum Gasteiger partial charge on any atom is -0.357 e. The van der Waals surface area contributed by atoms with Gasteiger partial charge in [-0.3, -0.25) is 9.89 Å². The minimum absolute atomic E-state index is 0. The van der Waals surface area contributed by atoms with Crippen molar-refractivity contribution < 1.29 is 13.2 Å². The number of guanidine groups is 1. The van der Waals surface area contributed by atoms with Crippen LogP contribution in [0.4, 0.5) is 13.2 Å². The summed E-state index contributed by atoms with van der Waals surface area (Å²) in [5, 5.41) is 14.4. The molecule has 1 aromatic heterocycles. The summed E-state index contributed by atoms with van der Waals surface area (Å²) in [6, 6.07) is 0. The summed E-state index contributed by atoms with van der Waals surface area (Å²) < 4.78 is 39.4. The highest BCUT2D eigenvalue weighted by molar-refractivity contribution is 14.0. The van der Waals surface area contributed by atoms with Crippen molar-refractivity contribution in [3.05, 3.63) is 12.2 Å². The Bertz CT molecular complexity index is 577. The third-order valence-electron chi connectivity index (χ3n) is 4.28. The second kappa shape index (κ2) is 11.7. The molecule has 0 aromatic carbocycles. The third kappa shape index (κ3) is 8.62. The molecule has 0 spiro atoms. The molecule has 1 atom stereocenters. The smallest absolute Gasteiger partial charge is 0.357 e. The molecule has 156 valence electrons. The van der Waals surface area contributed by atoms with E-state index in [1.807, 2.05) is 18.4 Å². The monoisotopic (exact) mass is 503 g/mol. The number of hydrogen-bond acceptors (Lipinski definition) is 4. The van der Waals surface area contributed by atoms with Crippen molar-refractivity contribution >= 4 is 29.9 Å². The van der Waals surface area contributed by atoms with E-state index in [1.54, 1.807) is 6.33 Å². The van der Waals surface area contributed by atoms with Crippen molar-refractivity contribution in [2.75, 3.05) is 39.3 Å². The summed E-state index contributed by atoms with van der Waals surface area (Å²) in [6.07, 6.45) is -0.851. The Morgan fingerprint density at radius 2 is 2.11 bits per heavy atom. The predicted octanol–water partition coefficient (Wildman–Crippen LogP) is 1.90. The predicted molar refractivity (Wildman–Crippen MR) is 109 cm³/mol. The van der Waals surface area contributed by atoms with Gasteiger partial charge < -0.3 is 15.2 Å². The number of halogens is 4. The molecule has 0 saturated carbocycles. The van der Waals surface area contributed by atoms with E-state index >= 15 is 0 Å². The Morgan fingerprint density at radius 1 is 1.33 bits per heavy atom. The summed E-state index contributed by atoms with van der Waals surface area (Å²) >= 11 is 0. The molecule has 1 aromatic rings. The van der Waals surface area contributed by atoms with Crippen molar-refractivity contribution in [1.29, 1.82) is 0 Å². The molecule has 1 aliphatic rings. The molecule has 2 N–H and O–H groups in total. The number of nitrogens with zero attached hydrogens (tertiary/aromatic N) is 5. The number of likely N-dealkylation sites (tertiary alicyclic amines) is 1. The number of hydrogen-bond donors (Lipinski definition) is 2. The number of aliphatic imine (C=N–C) groups is 1. The summed E-state index contributed by atoms with van der Waals surface area (Å²) in [5.41, 5.74) is 0. The zero-order chi connectivity index (χ0) is 19.0. The fraction of sp³-hybridized carbons (Fsp3) is 0.812. The zero-order valence-electron chi connectivity index (χ0n) is 15.8. The second-order valence-electron chi connectivity index (χ2n) is 6.45. The van der Waals surface area contributed by atoms with Gasteiger partial charge in [0.25, 0.3) is 0 Å². The Balaban J connectivity index is 0.00000364. The first kappa shape index (κ1) is 23.9. The number of aryl methyl sites for hydroxylation is 1. The molecule has 1 saturated heterocycles. The molecule has 0 amide bonds. The van der Waals surface area contributed by atoms with E-state index in [0.717, 1.165) is 31.8 Å². The van der Waals surface area contributed by atoms with Crippen LogP contribution in [0.25, 0.3) is 0 Å². The maximum absolute atomic E-state index is 12.5. The van der Waals surface area contributed by atoms with E-state index in [0.29, 0.717) is 32.1 Å². The molecule has 7 nitrogen and oxygen atoms in total. The topological polar surface area (TPSA) is 70.4 Å². The lowest BCUT2D eigenvalue weighted by Gasteiger charge is -2.17. The van der Waals surface area contributed by atoms with E-state index in [-0.39, 0.29) is 29.9 Å². The molecule has 0 radical (unpaired) electrons. The summed E-state index contributed by atoms with van der Waals surface area (Å²) in [5.74, 6) is 1.79. The quantitative estimate of drug-likeness (QED) is 0.322. The van der Waals surface area contributed by atoms with Gasteiger partial charge in [-0.25, -0.2) is 0 Å². The van der Waals surface area contributed by atoms with Crippen molar-refractivity contribution in [2.24, 2.45) is 10.9 Å². The number of nitrogens with one attached hydrogen (secondary N) is 2. The third-order valence-corrected chi connectivity index (χ3v) is 4.28. The van der Waals surface area contributed by atoms with Crippen LogP contribution < -0.4 is 10.6 Å². The first-order chi connectivity index (χ1) is 12.4. The van der Waals surface area contributed by atoms with Crippen LogP contribution in [0.2, 0.25) is 0 Å². The lowest BCUT2D eigenvalue weighted by atomic mass is 10.1. The van der Waals surface area contributed by atoms with Gasteiger partial charge in [0, 0.05) is 39.1 Å². The average molecular weight is 503 g/mol. The largest absolute Gasteiger partial charge is 0.401 e. The minimum atomic E-state index is -4.13. The lowest BCUT2D eigenvalue weighted by molar-refractivity contribution is -0.143. The standard InChI is InChI=1S/C16H28F3N7.HI/c1-3-14-24-23-12-26(14)8-6-21-15(20-4-2)22-9-13-5-7-25(10-13)11-16(17,18)19;/h12-13H,3-11H2,1-2H3,(H2,20,21,22);1H. The van der Waals surface area contributed by atoms with Gasteiger partial charge in [0.1, 0.15) is 12.2 Å². The van der Waals surface area contributed by atoms with Crippen LogP contribution in [-0.2, 0) is 13.0 Å². The molecule has 2 rings (SSSR count). The molecule has 0 bridgehead atoms. The Labute approximate surface area is 175 Å². The number of aromatic nitrogens is 3. The van der Waals surface area contributed by atoms with Gasteiger partial charge in [-0.2, -0.15) is 13.2 Å². The number of rotatable bonds is 8. The maximum atomic E-state index is 12.5. The Morgan fingerprint density at radius 3 is 2.78 bits per heavy atom. The molecular weight excluding hydrogens is 474 g/mol. The highest BCUT2D eigenvalue weighted by Crippen LogP contribution is 2.22. The molecule has 1 unspecified atom stereocenters.